The molecule has 3 aliphatic heterocycles. The topological polar surface area (TPSA) is 23.6 Å². The highest BCUT2D eigenvalue weighted by Crippen LogP contribution is 2.46. The molecule has 0 spiro atoms. The van der Waals surface area contributed by atoms with Gasteiger partial charge in [0.2, 0.25) is 5.91 Å². The summed E-state index contributed by atoms with van der Waals surface area (Å²) in [5, 5.41) is 0. The van der Waals surface area contributed by atoms with Crippen molar-refractivity contribution >= 4 is 11.6 Å². The molecule has 3 fully saturated rings. The summed E-state index contributed by atoms with van der Waals surface area (Å²) in [5.74, 6) is 1.54. The van der Waals surface area contributed by atoms with E-state index >= 15 is 0 Å². The monoisotopic (exact) mass is 366 g/mol. The molecule has 1 amide bonds. The van der Waals surface area contributed by atoms with E-state index in [1.807, 2.05) is 0 Å². The Morgan fingerprint density at radius 2 is 1.73 bits per heavy atom. The van der Waals surface area contributed by atoms with Gasteiger partial charge in [0.05, 0.1) is 5.56 Å². The molecule has 4 atom stereocenters. The van der Waals surface area contributed by atoms with Gasteiger partial charge >= 0.3 is 6.18 Å². The molecule has 4 rings (SSSR count). The number of alkyl halides is 3. The number of benzene rings is 1. The van der Waals surface area contributed by atoms with Crippen LogP contribution in [0.4, 0.5) is 18.9 Å². The molecule has 0 N–H and O–H groups in total. The summed E-state index contributed by atoms with van der Waals surface area (Å²) in [7, 11) is 0. The molecule has 1 aromatic carbocycles. The highest BCUT2D eigenvalue weighted by Gasteiger charge is 2.52. The second kappa shape index (κ2) is 6.17. The second-order valence-corrected chi connectivity index (χ2v) is 8.35. The van der Waals surface area contributed by atoms with Crippen LogP contribution in [0.5, 0.6) is 0 Å². The summed E-state index contributed by atoms with van der Waals surface area (Å²) in [4.78, 5) is 16.9. The maximum Gasteiger partial charge on any atom is 0.416 e. The number of nitrogens with zero attached hydrogens (tertiary/aromatic N) is 2. The van der Waals surface area contributed by atoms with Crippen molar-refractivity contribution in [2.75, 3.05) is 18.0 Å². The smallest absolute Gasteiger partial charge is 0.371 e. The number of hydrogen-bond donors (Lipinski definition) is 0. The highest BCUT2D eigenvalue weighted by atomic mass is 19.4. The van der Waals surface area contributed by atoms with Crippen LogP contribution in [0, 0.1) is 17.8 Å². The van der Waals surface area contributed by atoms with E-state index in [2.05, 4.69) is 23.6 Å². The van der Waals surface area contributed by atoms with Gasteiger partial charge in [0, 0.05) is 37.3 Å². The first-order chi connectivity index (χ1) is 12.3. The van der Waals surface area contributed by atoms with Crippen LogP contribution in [0.3, 0.4) is 0 Å². The van der Waals surface area contributed by atoms with E-state index in [9.17, 15) is 18.0 Å². The van der Waals surface area contributed by atoms with Crippen molar-refractivity contribution in [2.24, 2.45) is 17.8 Å². The quantitative estimate of drug-likeness (QED) is 0.784. The number of piperidine rings is 2. The minimum absolute atomic E-state index is 0.287. The number of carbonyl (C=O) groups is 1. The molecule has 0 radical (unpaired) electrons. The molecule has 0 saturated carbocycles. The van der Waals surface area contributed by atoms with Gasteiger partial charge in [-0.05, 0) is 54.9 Å². The van der Waals surface area contributed by atoms with Crippen LogP contribution in [0.1, 0.15) is 38.7 Å². The highest BCUT2D eigenvalue weighted by molar-refractivity contribution is 5.78. The summed E-state index contributed by atoms with van der Waals surface area (Å²) in [6.07, 6.45) is -1.82. The summed E-state index contributed by atoms with van der Waals surface area (Å²) in [5.41, 5.74) is 0.249. The van der Waals surface area contributed by atoms with Crippen molar-refractivity contribution in [1.82, 2.24) is 4.90 Å². The molecule has 3 aliphatic rings. The Hall–Kier alpha value is -1.72. The number of hydrogen-bond acceptors (Lipinski definition) is 2. The van der Waals surface area contributed by atoms with E-state index in [4.69, 9.17) is 0 Å². The van der Waals surface area contributed by atoms with Gasteiger partial charge in [0.25, 0.3) is 0 Å². The van der Waals surface area contributed by atoms with E-state index in [0.717, 1.165) is 31.6 Å². The van der Waals surface area contributed by atoms with Gasteiger partial charge < -0.3 is 9.80 Å². The van der Waals surface area contributed by atoms with Crippen molar-refractivity contribution in [2.45, 2.75) is 51.4 Å². The zero-order valence-electron chi connectivity index (χ0n) is 15.2. The van der Waals surface area contributed by atoms with Gasteiger partial charge in [-0.25, -0.2) is 0 Å². The number of carbonyl (C=O) groups excluding carboxylic acids is 1. The molecule has 26 heavy (non-hydrogen) atoms. The fourth-order valence-electron chi connectivity index (χ4n) is 5.27. The van der Waals surface area contributed by atoms with Crippen molar-refractivity contribution < 1.29 is 18.0 Å². The molecule has 0 bridgehead atoms. The molecule has 3 saturated heterocycles. The van der Waals surface area contributed by atoms with Crippen LogP contribution in [0.2, 0.25) is 0 Å². The predicted molar refractivity (Wildman–Crippen MR) is 93.7 cm³/mol. The summed E-state index contributed by atoms with van der Waals surface area (Å²) in [6.45, 7) is 5.99. The van der Waals surface area contributed by atoms with Crippen LogP contribution in [-0.2, 0) is 11.0 Å². The van der Waals surface area contributed by atoms with E-state index in [1.54, 1.807) is 12.1 Å². The largest absolute Gasteiger partial charge is 0.416 e. The maximum atomic E-state index is 12.8. The average molecular weight is 366 g/mol. The van der Waals surface area contributed by atoms with Crippen molar-refractivity contribution in [3.05, 3.63) is 29.8 Å². The minimum atomic E-state index is -4.30. The summed E-state index contributed by atoms with van der Waals surface area (Å²) in [6, 6.07) is 6.13. The Morgan fingerprint density at radius 3 is 2.35 bits per heavy atom. The lowest BCUT2D eigenvalue weighted by atomic mass is 9.79. The predicted octanol–water partition coefficient (Wildman–Crippen LogP) is 4.18. The molecule has 6 heteroatoms. The summed E-state index contributed by atoms with van der Waals surface area (Å²) >= 11 is 0. The van der Waals surface area contributed by atoms with Crippen LogP contribution in [-0.4, -0.2) is 36.0 Å². The van der Waals surface area contributed by atoms with Crippen molar-refractivity contribution in [1.29, 1.82) is 0 Å². The lowest BCUT2D eigenvalue weighted by Crippen LogP contribution is -2.57. The molecule has 1 aromatic rings. The van der Waals surface area contributed by atoms with Crippen LogP contribution < -0.4 is 4.90 Å². The number of amides is 1. The van der Waals surface area contributed by atoms with Crippen LogP contribution in [0.25, 0.3) is 0 Å². The lowest BCUT2D eigenvalue weighted by molar-refractivity contribution is -0.141. The van der Waals surface area contributed by atoms with Gasteiger partial charge in [0.1, 0.15) is 0 Å². The molecule has 0 aliphatic carbocycles. The van der Waals surface area contributed by atoms with Gasteiger partial charge in [-0.2, -0.15) is 13.2 Å². The zero-order chi connectivity index (χ0) is 18.6. The molecule has 3 nitrogen and oxygen atoms in total. The third kappa shape index (κ3) is 2.87. The molecule has 0 aromatic heterocycles. The number of halogens is 3. The third-order valence-corrected chi connectivity index (χ3v) is 6.44. The maximum absolute atomic E-state index is 12.8. The van der Waals surface area contributed by atoms with E-state index in [-0.39, 0.29) is 5.91 Å². The van der Waals surface area contributed by atoms with E-state index in [0.29, 0.717) is 36.3 Å². The Kier molecular flexibility index (Phi) is 4.20. The Morgan fingerprint density at radius 1 is 1.08 bits per heavy atom. The normalized spacial score (nSPS) is 31.5. The first-order valence-electron chi connectivity index (χ1n) is 9.49. The van der Waals surface area contributed by atoms with Crippen LogP contribution in [0.15, 0.2) is 24.3 Å². The number of anilines is 1. The SMILES string of the molecule is CC(C)[C@H]1CC2CN(c3ccc(C(F)(F)F)cc3)C[C@H]3CCC(=O)N1[C@@H]23. The van der Waals surface area contributed by atoms with E-state index < -0.39 is 11.7 Å². The first-order valence-corrected chi connectivity index (χ1v) is 9.49. The standard InChI is InChI=1S/C20H25F3N2O/c1-12(2)17-9-14-11-24(10-13-3-8-18(26)25(17)19(13)14)16-6-4-15(5-7-16)20(21,22)23/h4-7,12-14,17,19H,3,8-11H2,1-2H3/t13-,14?,17-,19-/m1/s1. The van der Waals surface area contributed by atoms with E-state index in [1.165, 1.54) is 12.1 Å². The van der Waals surface area contributed by atoms with Crippen molar-refractivity contribution in [3.63, 3.8) is 0 Å². The molecule has 3 heterocycles. The van der Waals surface area contributed by atoms with Gasteiger partial charge in [-0.1, -0.05) is 13.8 Å². The van der Waals surface area contributed by atoms with Crippen molar-refractivity contribution in [3.8, 4) is 0 Å². The minimum Gasteiger partial charge on any atom is -0.371 e. The fourth-order valence-corrected chi connectivity index (χ4v) is 5.27. The average Bonchev–Trinajstić information content (AvgIpc) is 2.98. The van der Waals surface area contributed by atoms with Gasteiger partial charge in [0.15, 0.2) is 0 Å². The Labute approximate surface area is 152 Å². The fraction of sp³-hybridized carbons (Fsp3) is 0.650. The third-order valence-electron chi connectivity index (χ3n) is 6.44. The molecule has 1 unspecified atom stereocenters. The second-order valence-electron chi connectivity index (χ2n) is 8.35. The van der Waals surface area contributed by atoms with Gasteiger partial charge in [-0.3, -0.25) is 4.79 Å². The number of rotatable bonds is 2. The van der Waals surface area contributed by atoms with Gasteiger partial charge in [-0.15, -0.1) is 0 Å². The zero-order valence-corrected chi connectivity index (χ0v) is 15.2. The Bertz CT molecular complexity index is 685. The molecular formula is C20H25F3N2O. The molecular weight excluding hydrogens is 341 g/mol. The first kappa shape index (κ1) is 17.7. The van der Waals surface area contributed by atoms with Crippen LogP contribution >= 0.6 is 0 Å². The Balaban J connectivity index is 1.57. The molecule has 142 valence electrons. The summed E-state index contributed by atoms with van der Waals surface area (Å²) < 4.78 is 38.4. The lowest BCUT2D eigenvalue weighted by Gasteiger charge is -2.48.